The number of halogens is 3. The molecule has 0 aliphatic heterocycles. The van der Waals surface area contributed by atoms with E-state index in [1.807, 2.05) is 0 Å². The maximum Gasteiger partial charge on any atom is 0.257 e. The van der Waals surface area contributed by atoms with Crippen molar-refractivity contribution < 1.29 is 9.18 Å². The van der Waals surface area contributed by atoms with Crippen LogP contribution in [0.3, 0.4) is 0 Å². The van der Waals surface area contributed by atoms with Crippen LogP contribution in [0, 0.1) is 5.82 Å². The van der Waals surface area contributed by atoms with Crippen LogP contribution in [0.4, 0.5) is 15.8 Å². The Morgan fingerprint density at radius 2 is 1.74 bits per heavy atom. The van der Waals surface area contributed by atoms with Gasteiger partial charge in [-0.15, -0.1) is 0 Å². The Labute approximate surface area is 119 Å². The lowest BCUT2D eigenvalue weighted by Gasteiger charge is -2.09. The molecule has 3 nitrogen and oxygen atoms in total. The molecule has 1 amide bonds. The van der Waals surface area contributed by atoms with Crippen molar-refractivity contribution in [3.63, 3.8) is 0 Å². The van der Waals surface area contributed by atoms with Crippen LogP contribution in [0.2, 0.25) is 10.0 Å². The number of hydrogen-bond acceptors (Lipinski definition) is 2. The van der Waals surface area contributed by atoms with E-state index in [1.165, 1.54) is 24.3 Å². The first-order valence-electron chi connectivity index (χ1n) is 5.29. The Kier molecular flexibility index (Phi) is 3.93. The van der Waals surface area contributed by atoms with Crippen molar-refractivity contribution in [2.24, 2.45) is 0 Å². The second kappa shape index (κ2) is 5.47. The molecule has 0 aliphatic rings. The summed E-state index contributed by atoms with van der Waals surface area (Å²) < 4.78 is 13.5. The molecular formula is C13H9Cl2FN2O. The van der Waals surface area contributed by atoms with Gasteiger partial charge in [0, 0.05) is 15.7 Å². The minimum absolute atomic E-state index is 0.0220. The molecule has 0 atom stereocenters. The Bertz CT molecular complexity index is 647. The predicted molar refractivity (Wildman–Crippen MR) is 75.2 cm³/mol. The largest absolute Gasteiger partial charge is 0.398 e. The number of carbonyl (C=O) groups excluding carboxylic acids is 1. The molecule has 0 aromatic heterocycles. The normalized spacial score (nSPS) is 10.3. The molecule has 0 saturated carbocycles. The maximum absolute atomic E-state index is 13.5. The Morgan fingerprint density at radius 1 is 1.11 bits per heavy atom. The van der Waals surface area contributed by atoms with Gasteiger partial charge in [-0.3, -0.25) is 4.79 Å². The molecule has 19 heavy (non-hydrogen) atoms. The summed E-state index contributed by atoms with van der Waals surface area (Å²) >= 11 is 11.4. The van der Waals surface area contributed by atoms with E-state index < -0.39 is 11.7 Å². The topological polar surface area (TPSA) is 55.1 Å². The molecule has 0 aliphatic carbocycles. The highest BCUT2D eigenvalue weighted by Crippen LogP contribution is 2.22. The molecule has 98 valence electrons. The smallest absolute Gasteiger partial charge is 0.257 e. The van der Waals surface area contributed by atoms with Crippen molar-refractivity contribution in [3.05, 3.63) is 57.8 Å². The molecule has 0 heterocycles. The summed E-state index contributed by atoms with van der Waals surface area (Å²) in [6, 6.07) is 8.45. The van der Waals surface area contributed by atoms with Crippen molar-refractivity contribution in [2.45, 2.75) is 0 Å². The molecule has 3 N–H and O–H groups in total. The van der Waals surface area contributed by atoms with Crippen LogP contribution in [0.5, 0.6) is 0 Å². The van der Waals surface area contributed by atoms with Crippen LogP contribution < -0.4 is 11.1 Å². The van der Waals surface area contributed by atoms with Gasteiger partial charge in [0.15, 0.2) is 0 Å². The Hall–Kier alpha value is -1.78. The van der Waals surface area contributed by atoms with Crippen molar-refractivity contribution >= 4 is 40.5 Å². The number of amides is 1. The molecule has 2 aromatic rings. The number of benzene rings is 2. The van der Waals surface area contributed by atoms with E-state index in [4.69, 9.17) is 28.9 Å². The summed E-state index contributed by atoms with van der Waals surface area (Å²) in [7, 11) is 0. The van der Waals surface area contributed by atoms with Gasteiger partial charge < -0.3 is 11.1 Å². The van der Waals surface area contributed by atoms with Crippen LogP contribution in [-0.2, 0) is 0 Å². The van der Waals surface area contributed by atoms with E-state index in [1.54, 1.807) is 6.07 Å². The highest BCUT2D eigenvalue weighted by molar-refractivity contribution is 6.31. The van der Waals surface area contributed by atoms with Crippen molar-refractivity contribution in [1.82, 2.24) is 0 Å². The van der Waals surface area contributed by atoms with Gasteiger partial charge in [-0.25, -0.2) is 4.39 Å². The number of rotatable bonds is 2. The van der Waals surface area contributed by atoms with Crippen molar-refractivity contribution in [2.75, 3.05) is 11.1 Å². The molecular weight excluding hydrogens is 290 g/mol. The van der Waals surface area contributed by atoms with E-state index >= 15 is 0 Å². The summed E-state index contributed by atoms with van der Waals surface area (Å²) in [5, 5.41) is 3.03. The SMILES string of the molecule is Nc1ccc(Cl)cc1C(=O)Nc1ccc(Cl)cc1F. The first-order chi connectivity index (χ1) is 8.97. The third-order valence-electron chi connectivity index (χ3n) is 2.44. The average molecular weight is 299 g/mol. The van der Waals surface area contributed by atoms with Gasteiger partial charge >= 0.3 is 0 Å². The summed E-state index contributed by atoms with van der Waals surface area (Å²) in [4.78, 5) is 12.0. The standard InChI is InChI=1S/C13H9Cl2FN2O/c14-7-1-3-11(17)9(5-7)13(19)18-12-4-2-8(15)6-10(12)16/h1-6H,17H2,(H,18,19). The van der Waals surface area contributed by atoms with Gasteiger partial charge in [0.25, 0.3) is 5.91 Å². The molecule has 0 radical (unpaired) electrons. The lowest BCUT2D eigenvalue weighted by Crippen LogP contribution is -2.15. The summed E-state index contributed by atoms with van der Waals surface area (Å²) in [6.45, 7) is 0. The van der Waals surface area contributed by atoms with Crippen LogP contribution in [0.1, 0.15) is 10.4 Å². The van der Waals surface area contributed by atoms with Gasteiger partial charge in [0.2, 0.25) is 0 Å². The first kappa shape index (κ1) is 13.6. The number of hydrogen-bond donors (Lipinski definition) is 2. The fraction of sp³-hybridized carbons (Fsp3) is 0. The molecule has 0 saturated heterocycles. The molecule has 6 heteroatoms. The number of nitrogens with one attached hydrogen (secondary N) is 1. The van der Waals surface area contributed by atoms with Crippen LogP contribution in [0.15, 0.2) is 36.4 Å². The third kappa shape index (κ3) is 3.16. The second-order valence-electron chi connectivity index (χ2n) is 3.81. The number of nitrogens with two attached hydrogens (primary N) is 1. The fourth-order valence-electron chi connectivity index (χ4n) is 1.51. The van der Waals surface area contributed by atoms with E-state index in [9.17, 15) is 9.18 Å². The Balaban J connectivity index is 2.28. The Morgan fingerprint density at radius 3 is 2.42 bits per heavy atom. The van der Waals surface area contributed by atoms with E-state index in [2.05, 4.69) is 5.32 Å². The van der Waals surface area contributed by atoms with Gasteiger partial charge in [-0.05, 0) is 36.4 Å². The highest BCUT2D eigenvalue weighted by Gasteiger charge is 2.13. The van der Waals surface area contributed by atoms with E-state index in [0.29, 0.717) is 5.02 Å². The third-order valence-corrected chi connectivity index (χ3v) is 2.91. The molecule has 0 fully saturated rings. The lowest BCUT2D eigenvalue weighted by atomic mass is 10.1. The van der Waals surface area contributed by atoms with Crippen molar-refractivity contribution in [1.29, 1.82) is 0 Å². The molecule has 2 aromatic carbocycles. The van der Waals surface area contributed by atoms with Gasteiger partial charge in [0.05, 0.1) is 11.3 Å². The molecule has 0 spiro atoms. The van der Waals surface area contributed by atoms with Crippen molar-refractivity contribution in [3.8, 4) is 0 Å². The molecule has 0 bridgehead atoms. The van der Waals surface area contributed by atoms with Gasteiger partial charge in [0.1, 0.15) is 5.82 Å². The van der Waals surface area contributed by atoms with Gasteiger partial charge in [-0.2, -0.15) is 0 Å². The highest BCUT2D eigenvalue weighted by atomic mass is 35.5. The monoisotopic (exact) mass is 298 g/mol. The molecule has 0 unspecified atom stereocenters. The first-order valence-corrected chi connectivity index (χ1v) is 6.04. The zero-order chi connectivity index (χ0) is 14.0. The van der Waals surface area contributed by atoms with Crippen LogP contribution in [0.25, 0.3) is 0 Å². The van der Waals surface area contributed by atoms with Crippen LogP contribution in [-0.4, -0.2) is 5.91 Å². The second-order valence-corrected chi connectivity index (χ2v) is 4.68. The predicted octanol–water partition coefficient (Wildman–Crippen LogP) is 3.97. The minimum atomic E-state index is -0.624. The number of anilines is 2. The summed E-state index contributed by atoms with van der Waals surface area (Å²) in [5.74, 6) is -1.16. The van der Waals surface area contributed by atoms with Crippen LogP contribution >= 0.6 is 23.2 Å². The zero-order valence-corrected chi connectivity index (χ0v) is 11.1. The lowest BCUT2D eigenvalue weighted by molar-refractivity contribution is 0.102. The maximum atomic E-state index is 13.5. The summed E-state index contributed by atoms with van der Waals surface area (Å²) in [5.41, 5.74) is 6.14. The number of carbonyl (C=O) groups is 1. The van der Waals surface area contributed by atoms with E-state index in [0.717, 1.165) is 6.07 Å². The molecule has 2 rings (SSSR count). The number of nitrogen functional groups attached to an aromatic ring is 1. The minimum Gasteiger partial charge on any atom is -0.398 e. The van der Waals surface area contributed by atoms with Gasteiger partial charge in [-0.1, -0.05) is 23.2 Å². The quantitative estimate of drug-likeness (QED) is 0.824. The zero-order valence-electron chi connectivity index (χ0n) is 9.58. The fourth-order valence-corrected chi connectivity index (χ4v) is 1.84. The average Bonchev–Trinajstić information content (AvgIpc) is 2.35. The van der Waals surface area contributed by atoms with E-state index in [-0.39, 0.29) is 22.0 Å². The summed E-state index contributed by atoms with van der Waals surface area (Å²) in [6.07, 6.45) is 0.